The molecule has 0 saturated carbocycles. The Morgan fingerprint density at radius 3 is 1.74 bits per heavy atom. The molecule has 3 atom stereocenters. The van der Waals surface area contributed by atoms with Crippen LogP contribution in [-0.2, 0) is 33.6 Å². The molecule has 0 bridgehead atoms. The normalized spacial score (nSPS) is 13.2. The molecule has 0 saturated heterocycles. The van der Waals surface area contributed by atoms with Gasteiger partial charge in [-0.25, -0.2) is 4.39 Å². The summed E-state index contributed by atoms with van der Waals surface area (Å²) in [4.78, 5) is 38.3. The number of halogens is 1. The van der Waals surface area contributed by atoms with Crippen molar-refractivity contribution < 1.29 is 39.2 Å². The molecule has 12 heteroatoms. The first-order chi connectivity index (χ1) is 18.4. The number of benzene rings is 3. The van der Waals surface area contributed by atoms with Gasteiger partial charge in [-0.2, -0.15) is 0 Å². The van der Waals surface area contributed by atoms with Gasteiger partial charge in [0, 0.05) is 12.8 Å². The van der Waals surface area contributed by atoms with Crippen molar-refractivity contribution in [2.45, 2.75) is 37.4 Å². The van der Waals surface area contributed by atoms with E-state index in [-0.39, 0.29) is 36.3 Å². The first kappa shape index (κ1) is 28.7. The molecule has 0 aliphatic heterocycles. The average molecular weight is 541 g/mol. The van der Waals surface area contributed by atoms with Crippen LogP contribution in [0.15, 0.2) is 60.7 Å². The fourth-order valence-corrected chi connectivity index (χ4v) is 3.84. The number of aromatic hydroxyl groups is 4. The van der Waals surface area contributed by atoms with Crippen molar-refractivity contribution in [2.24, 2.45) is 11.5 Å². The van der Waals surface area contributed by atoms with Crippen LogP contribution < -0.4 is 22.1 Å². The van der Waals surface area contributed by atoms with E-state index in [1.54, 1.807) is 6.07 Å². The van der Waals surface area contributed by atoms with Crippen LogP contribution in [0.1, 0.15) is 16.7 Å². The number of rotatable bonds is 11. The minimum atomic E-state index is -1.32. The molecule has 0 spiro atoms. The van der Waals surface area contributed by atoms with Gasteiger partial charge >= 0.3 is 0 Å². The minimum Gasteiger partial charge on any atom is -0.504 e. The third-order valence-corrected chi connectivity index (χ3v) is 5.99. The van der Waals surface area contributed by atoms with E-state index in [9.17, 15) is 39.2 Å². The van der Waals surface area contributed by atoms with E-state index in [0.717, 1.165) is 0 Å². The third kappa shape index (κ3) is 7.82. The molecule has 0 heterocycles. The molecule has 3 rings (SSSR count). The van der Waals surface area contributed by atoms with Gasteiger partial charge in [-0.1, -0.05) is 30.3 Å². The Morgan fingerprint density at radius 2 is 1.23 bits per heavy atom. The van der Waals surface area contributed by atoms with Gasteiger partial charge in [-0.15, -0.1) is 0 Å². The Balaban J connectivity index is 1.80. The zero-order valence-electron chi connectivity index (χ0n) is 20.7. The summed E-state index contributed by atoms with van der Waals surface area (Å²) in [6, 6.07) is 9.65. The largest absolute Gasteiger partial charge is 0.504 e. The van der Waals surface area contributed by atoms with Crippen molar-refractivity contribution in [3.63, 3.8) is 0 Å². The molecule has 10 N–H and O–H groups in total. The van der Waals surface area contributed by atoms with Crippen molar-refractivity contribution in [2.75, 3.05) is 0 Å². The number of carbonyl (C=O) groups is 3. The molecule has 0 aromatic heterocycles. The van der Waals surface area contributed by atoms with Crippen molar-refractivity contribution >= 4 is 17.7 Å². The van der Waals surface area contributed by atoms with Crippen LogP contribution in [0.4, 0.5) is 4.39 Å². The molecule has 3 unspecified atom stereocenters. The number of carbonyl (C=O) groups excluding carboxylic acids is 3. The second-order valence-corrected chi connectivity index (χ2v) is 8.98. The summed E-state index contributed by atoms with van der Waals surface area (Å²) in [6.07, 6.45) is -0.465. The van der Waals surface area contributed by atoms with Crippen molar-refractivity contribution in [3.8, 4) is 23.0 Å². The van der Waals surface area contributed by atoms with Crippen LogP contribution in [0, 0.1) is 5.82 Å². The Labute approximate surface area is 222 Å². The topological polar surface area (TPSA) is 208 Å². The number of phenols is 4. The molecule has 11 nitrogen and oxygen atoms in total. The summed E-state index contributed by atoms with van der Waals surface area (Å²) in [7, 11) is 0. The Kier molecular flexibility index (Phi) is 9.29. The molecule has 3 aromatic carbocycles. The van der Waals surface area contributed by atoms with Gasteiger partial charge in [0.05, 0.1) is 6.04 Å². The molecular formula is C27H29FN4O7. The van der Waals surface area contributed by atoms with Crippen LogP contribution in [0.25, 0.3) is 0 Å². The predicted molar refractivity (Wildman–Crippen MR) is 138 cm³/mol. The fourth-order valence-electron chi connectivity index (χ4n) is 3.84. The maximum absolute atomic E-state index is 14.0. The maximum atomic E-state index is 14.0. The van der Waals surface area contributed by atoms with E-state index in [1.807, 2.05) is 0 Å². The highest BCUT2D eigenvalue weighted by molar-refractivity contribution is 5.93. The van der Waals surface area contributed by atoms with E-state index in [0.29, 0.717) is 11.1 Å². The first-order valence-corrected chi connectivity index (χ1v) is 11.8. The second kappa shape index (κ2) is 12.6. The lowest BCUT2D eigenvalue weighted by molar-refractivity contribution is -0.131. The van der Waals surface area contributed by atoms with Gasteiger partial charge in [0.15, 0.2) is 23.0 Å². The quantitative estimate of drug-likeness (QED) is 0.160. The van der Waals surface area contributed by atoms with Crippen LogP contribution in [0.5, 0.6) is 23.0 Å². The number of phenolic OH excluding ortho intramolecular Hbond substituents is 4. The second-order valence-electron chi connectivity index (χ2n) is 8.98. The Morgan fingerprint density at radius 1 is 0.718 bits per heavy atom. The van der Waals surface area contributed by atoms with E-state index >= 15 is 0 Å². The highest BCUT2D eigenvalue weighted by Crippen LogP contribution is 2.26. The van der Waals surface area contributed by atoms with Crippen molar-refractivity contribution in [1.29, 1.82) is 0 Å². The van der Waals surface area contributed by atoms with Crippen LogP contribution >= 0.6 is 0 Å². The van der Waals surface area contributed by atoms with Gasteiger partial charge < -0.3 is 42.5 Å². The number of amides is 3. The smallest absolute Gasteiger partial charge is 0.243 e. The SMILES string of the molecule is NC(=O)C(Cc1ccc(O)c(O)c1)NC(=O)C(Cc1ccc(O)c(O)c1)NC(=O)C(N)Cc1ccccc1F. The van der Waals surface area contributed by atoms with Crippen molar-refractivity contribution in [3.05, 3.63) is 83.2 Å². The molecule has 0 aliphatic rings. The van der Waals surface area contributed by atoms with Gasteiger partial charge in [0.1, 0.15) is 17.9 Å². The summed E-state index contributed by atoms with van der Waals surface area (Å²) < 4.78 is 14.0. The number of hydrogen-bond acceptors (Lipinski definition) is 8. The van der Waals surface area contributed by atoms with E-state index in [2.05, 4.69) is 10.6 Å². The van der Waals surface area contributed by atoms with E-state index < -0.39 is 53.2 Å². The van der Waals surface area contributed by atoms with Crippen LogP contribution in [-0.4, -0.2) is 56.3 Å². The van der Waals surface area contributed by atoms with Crippen LogP contribution in [0.3, 0.4) is 0 Å². The zero-order valence-corrected chi connectivity index (χ0v) is 20.7. The number of nitrogens with two attached hydrogens (primary N) is 2. The zero-order chi connectivity index (χ0) is 28.7. The van der Waals surface area contributed by atoms with Gasteiger partial charge in [-0.3, -0.25) is 14.4 Å². The molecular weight excluding hydrogens is 511 g/mol. The predicted octanol–water partition coefficient (Wildman–Crippen LogP) is 0.458. The average Bonchev–Trinajstić information content (AvgIpc) is 2.88. The molecule has 0 radical (unpaired) electrons. The molecule has 0 fully saturated rings. The summed E-state index contributed by atoms with van der Waals surface area (Å²) in [5.74, 6) is -4.67. The molecule has 39 heavy (non-hydrogen) atoms. The van der Waals surface area contributed by atoms with Gasteiger partial charge in [-0.05, 0) is 53.4 Å². The standard InChI is InChI=1S/C27H29FN4O7/c28-17-4-2-1-3-16(17)13-18(29)26(38)32-20(10-15-6-8-22(34)24(36)12-15)27(39)31-19(25(30)37)9-14-5-7-21(33)23(35)11-14/h1-8,11-12,18-20,33-36H,9-10,13,29H2,(H2,30,37)(H,31,39)(H,32,38). The molecule has 0 aliphatic carbocycles. The molecule has 206 valence electrons. The Hall–Kier alpha value is -4.84. The summed E-state index contributed by atoms with van der Waals surface area (Å²) in [5.41, 5.74) is 12.4. The van der Waals surface area contributed by atoms with Crippen LogP contribution in [0.2, 0.25) is 0 Å². The highest BCUT2D eigenvalue weighted by atomic mass is 19.1. The van der Waals surface area contributed by atoms with Gasteiger partial charge in [0.2, 0.25) is 17.7 Å². The molecule has 3 amide bonds. The minimum absolute atomic E-state index is 0.137. The fraction of sp³-hybridized carbons (Fsp3) is 0.222. The monoisotopic (exact) mass is 540 g/mol. The highest BCUT2D eigenvalue weighted by Gasteiger charge is 2.28. The summed E-state index contributed by atoms with van der Waals surface area (Å²) >= 11 is 0. The van der Waals surface area contributed by atoms with E-state index in [1.165, 1.54) is 54.6 Å². The summed E-state index contributed by atoms with van der Waals surface area (Å²) in [5, 5.41) is 43.6. The van der Waals surface area contributed by atoms with Gasteiger partial charge in [0.25, 0.3) is 0 Å². The lowest BCUT2D eigenvalue weighted by atomic mass is 10.0. The lowest BCUT2D eigenvalue weighted by Crippen LogP contribution is -2.56. The lowest BCUT2D eigenvalue weighted by Gasteiger charge is -2.24. The maximum Gasteiger partial charge on any atom is 0.243 e. The van der Waals surface area contributed by atoms with E-state index in [4.69, 9.17) is 11.5 Å². The van der Waals surface area contributed by atoms with Crippen molar-refractivity contribution in [1.82, 2.24) is 10.6 Å². The molecule has 3 aromatic rings. The summed E-state index contributed by atoms with van der Waals surface area (Å²) in [6.45, 7) is 0. The number of primary amides is 1. The number of nitrogens with one attached hydrogen (secondary N) is 2. The third-order valence-electron chi connectivity index (χ3n) is 5.99. The first-order valence-electron chi connectivity index (χ1n) is 11.8. The number of hydrogen-bond donors (Lipinski definition) is 8. The Bertz CT molecular complexity index is 1370.